The SMILES string of the molecule is Cc1ccc(F)cc1OCCC1CNC1. The Morgan fingerprint density at radius 2 is 2.27 bits per heavy atom. The van der Waals surface area contributed by atoms with Gasteiger partial charge in [-0.05, 0) is 44.0 Å². The lowest BCUT2D eigenvalue weighted by Gasteiger charge is -2.26. The van der Waals surface area contributed by atoms with Crippen molar-refractivity contribution in [2.45, 2.75) is 13.3 Å². The predicted molar refractivity (Wildman–Crippen MR) is 57.6 cm³/mol. The number of hydrogen-bond donors (Lipinski definition) is 1. The summed E-state index contributed by atoms with van der Waals surface area (Å²) < 4.78 is 18.5. The quantitative estimate of drug-likeness (QED) is 0.820. The third-order valence-electron chi connectivity index (χ3n) is 2.80. The molecular weight excluding hydrogens is 193 g/mol. The molecule has 2 nitrogen and oxygen atoms in total. The fourth-order valence-corrected chi connectivity index (χ4v) is 1.62. The molecule has 1 aromatic rings. The fourth-order valence-electron chi connectivity index (χ4n) is 1.62. The fraction of sp³-hybridized carbons (Fsp3) is 0.500. The van der Waals surface area contributed by atoms with Crippen LogP contribution in [0.3, 0.4) is 0 Å². The molecule has 1 aliphatic rings. The maximum atomic E-state index is 12.9. The van der Waals surface area contributed by atoms with E-state index in [-0.39, 0.29) is 5.82 Å². The molecule has 1 heterocycles. The van der Waals surface area contributed by atoms with E-state index in [4.69, 9.17) is 4.74 Å². The zero-order chi connectivity index (χ0) is 10.7. The maximum Gasteiger partial charge on any atom is 0.126 e. The highest BCUT2D eigenvalue weighted by atomic mass is 19.1. The van der Waals surface area contributed by atoms with Gasteiger partial charge < -0.3 is 10.1 Å². The largest absolute Gasteiger partial charge is 0.493 e. The Labute approximate surface area is 89.4 Å². The van der Waals surface area contributed by atoms with Gasteiger partial charge in [-0.2, -0.15) is 0 Å². The van der Waals surface area contributed by atoms with E-state index in [1.807, 2.05) is 6.92 Å². The number of hydrogen-bond acceptors (Lipinski definition) is 2. The molecule has 0 saturated carbocycles. The Bertz CT molecular complexity index is 336. The Kier molecular flexibility index (Phi) is 3.21. The molecule has 0 amide bonds. The molecular formula is C12H16FNO. The lowest BCUT2D eigenvalue weighted by molar-refractivity contribution is 0.237. The molecule has 0 bridgehead atoms. The second kappa shape index (κ2) is 4.62. The number of aryl methyl sites for hydroxylation is 1. The highest BCUT2D eigenvalue weighted by Gasteiger charge is 2.16. The zero-order valence-electron chi connectivity index (χ0n) is 8.92. The first-order chi connectivity index (χ1) is 7.25. The van der Waals surface area contributed by atoms with Crippen LogP contribution in [-0.4, -0.2) is 19.7 Å². The van der Waals surface area contributed by atoms with Gasteiger partial charge in [0.05, 0.1) is 6.61 Å². The molecule has 1 fully saturated rings. The second-order valence-electron chi connectivity index (χ2n) is 4.07. The van der Waals surface area contributed by atoms with Gasteiger partial charge in [0.2, 0.25) is 0 Å². The van der Waals surface area contributed by atoms with Crippen molar-refractivity contribution >= 4 is 0 Å². The molecule has 0 atom stereocenters. The number of nitrogens with one attached hydrogen (secondary N) is 1. The first-order valence-electron chi connectivity index (χ1n) is 5.35. The molecule has 0 aliphatic carbocycles. The van der Waals surface area contributed by atoms with Crippen molar-refractivity contribution < 1.29 is 9.13 Å². The molecule has 1 saturated heterocycles. The summed E-state index contributed by atoms with van der Waals surface area (Å²) >= 11 is 0. The average molecular weight is 209 g/mol. The van der Waals surface area contributed by atoms with Crippen LogP contribution in [0.15, 0.2) is 18.2 Å². The maximum absolute atomic E-state index is 12.9. The minimum absolute atomic E-state index is 0.235. The van der Waals surface area contributed by atoms with E-state index in [0.717, 1.165) is 31.0 Å². The van der Waals surface area contributed by atoms with E-state index in [9.17, 15) is 4.39 Å². The minimum atomic E-state index is -0.235. The summed E-state index contributed by atoms with van der Waals surface area (Å²) in [5, 5.41) is 3.21. The van der Waals surface area contributed by atoms with Crippen LogP contribution in [0.1, 0.15) is 12.0 Å². The van der Waals surface area contributed by atoms with E-state index in [1.54, 1.807) is 6.07 Å². The van der Waals surface area contributed by atoms with Crippen LogP contribution in [0.25, 0.3) is 0 Å². The van der Waals surface area contributed by atoms with Crippen molar-refractivity contribution in [3.8, 4) is 5.75 Å². The summed E-state index contributed by atoms with van der Waals surface area (Å²) in [4.78, 5) is 0. The minimum Gasteiger partial charge on any atom is -0.493 e. The Hall–Kier alpha value is -1.09. The first-order valence-corrected chi connectivity index (χ1v) is 5.35. The van der Waals surface area contributed by atoms with Crippen molar-refractivity contribution in [1.82, 2.24) is 5.32 Å². The van der Waals surface area contributed by atoms with Crippen molar-refractivity contribution in [2.75, 3.05) is 19.7 Å². The van der Waals surface area contributed by atoms with E-state index >= 15 is 0 Å². The molecule has 15 heavy (non-hydrogen) atoms. The van der Waals surface area contributed by atoms with Crippen LogP contribution in [0.2, 0.25) is 0 Å². The zero-order valence-corrected chi connectivity index (χ0v) is 8.92. The van der Waals surface area contributed by atoms with Gasteiger partial charge in [-0.1, -0.05) is 6.07 Å². The molecule has 1 aromatic carbocycles. The van der Waals surface area contributed by atoms with Crippen molar-refractivity contribution in [1.29, 1.82) is 0 Å². The molecule has 82 valence electrons. The molecule has 0 spiro atoms. The van der Waals surface area contributed by atoms with Crippen LogP contribution in [-0.2, 0) is 0 Å². The number of rotatable bonds is 4. The van der Waals surface area contributed by atoms with E-state index in [2.05, 4.69) is 5.32 Å². The lowest BCUT2D eigenvalue weighted by atomic mass is 10.0. The third kappa shape index (κ3) is 2.69. The normalized spacial score (nSPS) is 16.1. The molecule has 1 N–H and O–H groups in total. The lowest BCUT2D eigenvalue weighted by Crippen LogP contribution is -2.42. The summed E-state index contributed by atoms with van der Waals surface area (Å²) in [5.41, 5.74) is 0.989. The average Bonchev–Trinajstić information content (AvgIpc) is 2.15. The summed E-state index contributed by atoms with van der Waals surface area (Å²) in [6.45, 7) is 4.79. The second-order valence-corrected chi connectivity index (χ2v) is 4.07. The molecule has 2 rings (SSSR count). The monoisotopic (exact) mass is 209 g/mol. The number of halogens is 1. The molecule has 0 aromatic heterocycles. The van der Waals surface area contributed by atoms with Crippen LogP contribution in [0.4, 0.5) is 4.39 Å². The van der Waals surface area contributed by atoms with Gasteiger partial charge in [-0.15, -0.1) is 0 Å². The van der Waals surface area contributed by atoms with Gasteiger partial charge in [-0.3, -0.25) is 0 Å². The smallest absolute Gasteiger partial charge is 0.126 e. The topological polar surface area (TPSA) is 21.3 Å². The van der Waals surface area contributed by atoms with Gasteiger partial charge in [-0.25, -0.2) is 4.39 Å². The van der Waals surface area contributed by atoms with E-state index < -0.39 is 0 Å². The third-order valence-corrected chi connectivity index (χ3v) is 2.80. The van der Waals surface area contributed by atoms with Gasteiger partial charge in [0, 0.05) is 6.07 Å². The Balaban J connectivity index is 1.83. The van der Waals surface area contributed by atoms with Crippen LogP contribution >= 0.6 is 0 Å². The van der Waals surface area contributed by atoms with Gasteiger partial charge in [0.15, 0.2) is 0 Å². The van der Waals surface area contributed by atoms with Crippen molar-refractivity contribution in [2.24, 2.45) is 5.92 Å². The van der Waals surface area contributed by atoms with Crippen molar-refractivity contribution in [3.05, 3.63) is 29.6 Å². The highest BCUT2D eigenvalue weighted by molar-refractivity contribution is 5.32. The van der Waals surface area contributed by atoms with E-state index in [0.29, 0.717) is 12.4 Å². The standard InChI is InChI=1S/C12H16FNO/c1-9-2-3-11(13)6-12(9)15-5-4-10-7-14-8-10/h2-3,6,10,14H,4-5,7-8H2,1H3. The van der Waals surface area contributed by atoms with Crippen LogP contribution < -0.4 is 10.1 Å². The summed E-state index contributed by atoms with van der Waals surface area (Å²) in [5.74, 6) is 1.17. The van der Waals surface area contributed by atoms with Crippen LogP contribution in [0.5, 0.6) is 5.75 Å². The molecule has 1 aliphatic heterocycles. The predicted octanol–water partition coefficient (Wildman–Crippen LogP) is 2.12. The Morgan fingerprint density at radius 3 is 2.93 bits per heavy atom. The summed E-state index contributed by atoms with van der Waals surface area (Å²) in [6.07, 6.45) is 1.04. The van der Waals surface area contributed by atoms with E-state index in [1.165, 1.54) is 12.1 Å². The number of benzene rings is 1. The molecule has 0 radical (unpaired) electrons. The van der Waals surface area contributed by atoms with Gasteiger partial charge >= 0.3 is 0 Å². The first kappa shape index (κ1) is 10.4. The highest BCUT2D eigenvalue weighted by Crippen LogP contribution is 2.19. The van der Waals surface area contributed by atoms with Gasteiger partial charge in [0.1, 0.15) is 11.6 Å². The molecule has 3 heteroatoms. The van der Waals surface area contributed by atoms with Crippen molar-refractivity contribution in [3.63, 3.8) is 0 Å². The Morgan fingerprint density at radius 1 is 1.47 bits per heavy atom. The molecule has 0 unspecified atom stereocenters. The summed E-state index contributed by atoms with van der Waals surface area (Å²) in [7, 11) is 0. The van der Waals surface area contributed by atoms with Gasteiger partial charge in [0.25, 0.3) is 0 Å². The summed E-state index contributed by atoms with van der Waals surface area (Å²) in [6, 6.07) is 4.65. The number of ether oxygens (including phenoxy) is 1. The van der Waals surface area contributed by atoms with Crippen LogP contribution in [0, 0.1) is 18.7 Å².